The van der Waals surface area contributed by atoms with Gasteiger partial charge in [-0.2, -0.15) is 0 Å². The standard InChI is InChI=1S/C15H18ClNO3/c16-12-1-2-13-11(7-12)8-14(20-13)15(19)17-5-3-10(9-18)4-6-17/h1-2,7,10,14,18H,3-6,8-9H2. The Balaban J connectivity index is 1.63. The largest absolute Gasteiger partial charge is 0.480 e. The second kappa shape index (κ2) is 5.62. The van der Waals surface area contributed by atoms with Crippen LogP contribution in [0, 0.1) is 5.92 Å². The maximum Gasteiger partial charge on any atom is 0.263 e. The van der Waals surface area contributed by atoms with Gasteiger partial charge in [0, 0.05) is 31.1 Å². The summed E-state index contributed by atoms with van der Waals surface area (Å²) >= 11 is 5.96. The molecule has 3 rings (SSSR count). The van der Waals surface area contributed by atoms with E-state index in [1.807, 2.05) is 17.0 Å². The first-order valence-electron chi connectivity index (χ1n) is 7.02. The van der Waals surface area contributed by atoms with Crippen molar-refractivity contribution in [1.29, 1.82) is 0 Å². The van der Waals surface area contributed by atoms with E-state index >= 15 is 0 Å². The number of aliphatic hydroxyl groups is 1. The van der Waals surface area contributed by atoms with E-state index in [0.29, 0.717) is 30.5 Å². The molecule has 1 atom stereocenters. The lowest BCUT2D eigenvalue weighted by Crippen LogP contribution is -2.45. The SMILES string of the molecule is O=C(C1Cc2cc(Cl)ccc2O1)N1CCC(CO)CC1. The van der Waals surface area contributed by atoms with Crippen molar-refractivity contribution in [2.45, 2.75) is 25.4 Å². The summed E-state index contributed by atoms with van der Waals surface area (Å²) in [5.41, 5.74) is 1.00. The van der Waals surface area contributed by atoms with Gasteiger partial charge in [0.1, 0.15) is 5.75 Å². The first kappa shape index (κ1) is 13.7. The fourth-order valence-corrected chi connectivity index (χ4v) is 3.09. The Morgan fingerprint density at radius 3 is 2.85 bits per heavy atom. The van der Waals surface area contributed by atoms with Crippen LogP contribution in [0.5, 0.6) is 5.75 Å². The van der Waals surface area contributed by atoms with Crippen LogP contribution >= 0.6 is 11.6 Å². The highest BCUT2D eigenvalue weighted by molar-refractivity contribution is 6.30. The molecule has 5 heteroatoms. The normalized spacial score (nSPS) is 22.5. The number of halogens is 1. The van der Waals surface area contributed by atoms with E-state index < -0.39 is 6.10 Å². The molecule has 0 radical (unpaired) electrons. The van der Waals surface area contributed by atoms with Crippen molar-refractivity contribution < 1.29 is 14.6 Å². The van der Waals surface area contributed by atoms with E-state index in [4.69, 9.17) is 21.4 Å². The minimum absolute atomic E-state index is 0.0497. The van der Waals surface area contributed by atoms with Crippen LogP contribution in [0.4, 0.5) is 0 Å². The Bertz CT molecular complexity index is 512. The summed E-state index contributed by atoms with van der Waals surface area (Å²) in [7, 11) is 0. The lowest BCUT2D eigenvalue weighted by Gasteiger charge is -2.32. The number of aliphatic hydroxyl groups excluding tert-OH is 1. The fourth-order valence-electron chi connectivity index (χ4n) is 2.89. The molecule has 0 saturated carbocycles. The number of fused-ring (bicyclic) bond motifs is 1. The summed E-state index contributed by atoms with van der Waals surface area (Å²) in [4.78, 5) is 14.3. The third kappa shape index (κ3) is 2.63. The number of amides is 1. The zero-order valence-electron chi connectivity index (χ0n) is 11.2. The number of hydrogen-bond acceptors (Lipinski definition) is 3. The fraction of sp³-hybridized carbons (Fsp3) is 0.533. The van der Waals surface area contributed by atoms with Gasteiger partial charge in [0.05, 0.1) is 0 Å². The molecule has 1 aromatic rings. The monoisotopic (exact) mass is 295 g/mol. The maximum atomic E-state index is 12.5. The number of carbonyl (C=O) groups is 1. The molecule has 2 aliphatic rings. The number of hydrogen-bond donors (Lipinski definition) is 1. The quantitative estimate of drug-likeness (QED) is 0.906. The highest BCUT2D eigenvalue weighted by atomic mass is 35.5. The Kier molecular flexibility index (Phi) is 3.85. The van der Waals surface area contributed by atoms with Gasteiger partial charge in [-0.3, -0.25) is 4.79 Å². The van der Waals surface area contributed by atoms with Gasteiger partial charge in [-0.15, -0.1) is 0 Å². The number of ether oxygens (including phenoxy) is 1. The Hall–Kier alpha value is -1.26. The van der Waals surface area contributed by atoms with E-state index in [9.17, 15) is 4.79 Å². The van der Waals surface area contributed by atoms with E-state index in [1.165, 1.54) is 0 Å². The van der Waals surface area contributed by atoms with Gasteiger partial charge in [-0.1, -0.05) is 11.6 Å². The smallest absolute Gasteiger partial charge is 0.263 e. The average molecular weight is 296 g/mol. The first-order chi connectivity index (χ1) is 9.67. The minimum Gasteiger partial charge on any atom is -0.480 e. The number of piperidine rings is 1. The average Bonchev–Trinajstić information content (AvgIpc) is 2.89. The zero-order valence-corrected chi connectivity index (χ0v) is 12.0. The summed E-state index contributed by atoms with van der Waals surface area (Å²) in [5, 5.41) is 9.80. The highest BCUT2D eigenvalue weighted by Gasteiger charge is 2.34. The van der Waals surface area contributed by atoms with E-state index in [1.54, 1.807) is 6.07 Å². The van der Waals surface area contributed by atoms with Gasteiger partial charge in [0.2, 0.25) is 0 Å². The van der Waals surface area contributed by atoms with Crippen molar-refractivity contribution in [3.8, 4) is 5.75 Å². The van der Waals surface area contributed by atoms with Crippen LogP contribution < -0.4 is 4.74 Å². The number of nitrogens with zero attached hydrogens (tertiary/aromatic N) is 1. The van der Waals surface area contributed by atoms with Crippen LogP contribution in [0.1, 0.15) is 18.4 Å². The van der Waals surface area contributed by atoms with Crippen molar-refractivity contribution in [3.05, 3.63) is 28.8 Å². The van der Waals surface area contributed by atoms with Crippen LogP contribution in [-0.2, 0) is 11.2 Å². The van der Waals surface area contributed by atoms with Crippen molar-refractivity contribution in [3.63, 3.8) is 0 Å². The Morgan fingerprint density at radius 2 is 2.15 bits per heavy atom. The zero-order chi connectivity index (χ0) is 14.1. The van der Waals surface area contributed by atoms with Crippen LogP contribution in [0.25, 0.3) is 0 Å². The number of carbonyl (C=O) groups excluding carboxylic acids is 1. The van der Waals surface area contributed by atoms with E-state index in [2.05, 4.69) is 0 Å². The number of benzene rings is 1. The topological polar surface area (TPSA) is 49.8 Å². The Morgan fingerprint density at radius 1 is 1.40 bits per heavy atom. The summed E-state index contributed by atoms with van der Waals surface area (Å²) in [6.45, 7) is 1.63. The highest BCUT2D eigenvalue weighted by Crippen LogP contribution is 2.32. The van der Waals surface area contributed by atoms with Gasteiger partial charge in [-0.25, -0.2) is 0 Å². The Labute approximate surface area is 123 Å². The minimum atomic E-state index is -0.422. The summed E-state index contributed by atoms with van der Waals surface area (Å²) in [5.74, 6) is 1.14. The molecule has 1 unspecified atom stereocenters. The summed E-state index contributed by atoms with van der Waals surface area (Å²) < 4.78 is 5.73. The molecule has 1 aromatic carbocycles. The predicted octanol–water partition coefficient (Wildman–Crippen LogP) is 1.87. The van der Waals surface area contributed by atoms with Crippen LogP contribution in [0.3, 0.4) is 0 Å². The summed E-state index contributed by atoms with van der Waals surface area (Å²) in [6.07, 6.45) is 1.91. The third-order valence-corrected chi connectivity index (χ3v) is 4.39. The lowest BCUT2D eigenvalue weighted by molar-refractivity contribution is -0.139. The molecule has 1 N–H and O–H groups in total. The van der Waals surface area contributed by atoms with Crippen LogP contribution in [0.15, 0.2) is 18.2 Å². The summed E-state index contributed by atoms with van der Waals surface area (Å²) in [6, 6.07) is 5.46. The van der Waals surface area contributed by atoms with Crippen molar-refractivity contribution >= 4 is 17.5 Å². The first-order valence-corrected chi connectivity index (χ1v) is 7.40. The molecule has 1 amide bonds. The number of likely N-dealkylation sites (tertiary alicyclic amines) is 1. The predicted molar refractivity (Wildman–Crippen MR) is 76.0 cm³/mol. The van der Waals surface area contributed by atoms with Crippen LogP contribution in [0.2, 0.25) is 5.02 Å². The van der Waals surface area contributed by atoms with Crippen molar-refractivity contribution in [2.75, 3.05) is 19.7 Å². The molecule has 0 spiro atoms. The molecule has 1 saturated heterocycles. The van der Waals surface area contributed by atoms with E-state index in [0.717, 1.165) is 24.2 Å². The molecule has 20 heavy (non-hydrogen) atoms. The van der Waals surface area contributed by atoms with Gasteiger partial charge < -0.3 is 14.7 Å². The molecule has 0 aromatic heterocycles. The molecule has 2 heterocycles. The number of rotatable bonds is 2. The molecule has 4 nitrogen and oxygen atoms in total. The lowest BCUT2D eigenvalue weighted by atomic mass is 9.97. The van der Waals surface area contributed by atoms with Gasteiger partial charge in [0.15, 0.2) is 6.10 Å². The molecule has 0 bridgehead atoms. The third-order valence-electron chi connectivity index (χ3n) is 4.16. The van der Waals surface area contributed by atoms with Crippen molar-refractivity contribution in [1.82, 2.24) is 4.90 Å². The molecule has 1 fully saturated rings. The van der Waals surface area contributed by atoms with Crippen LogP contribution in [-0.4, -0.2) is 41.7 Å². The van der Waals surface area contributed by atoms with Gasteiger partial charge in [-0.05, 0) is 42.5 Å². The second-order valence-electron chi connectivity index (χ2n) is 5.51. The molecule has 0 aliphatic carbocycles. The molecule has 108 valence electrons. The van der Waals surface area contributed by atoms with Gasteiger partial charge >= 0.3 is 0 Å². The second-order valence-corrected chi connectivity index (χ2v) is 5.95. The molecular formula is C15H18ClNO3. The van der Waals surface area contributed by atoms with E-state index in [-0.39, 0.29) is 12.5 Å². The molecular weight excluding hydrogens is 278 g/mol. The maximum absolute atomic E-state index is 12.5. The van der Waals surface area contributed by atoms with Gasteiger partial charge in [0.25, 0.3) is 5.91 Å². The molecule has 2 aliphatic heterocycles. The van der Waals surface area contributed by atoms with Crippen molar-refractivity contribution in [2.24, 2.45) is 5.92 Å².